The number of carbonyl (C=O) groups is 1. The smallest absolute Gasteiger partial charge is 0.325 e. The summed E-state index contributed by atoms with van der Waals surface area (Å²) in [6, 6.07) is 3.23. The number of aryl methyl sites for hydroxylation is 1. The van der Waals surface area contributed by atoms with E-state index in [4.69, 9.17) is 21.1 Å². The van der Waals surface area contributed by atoms with Crippen LogP contribution in [0.25, 0.3) is 0 Å². The Kier molecular flexibility index (Phi) is 6.18. The number of methoxy groups -OCH3 is 2. The fourth-order valence-electron chi connectivity index (χ4n) is 2.23. The van der Waals surface area contributed by atoms with Gasteiger partial charge >= 0.3 is 5.69 Å². The molecule has 0 radical (unpaired) electrons. The first-order valence-electron chi connectivity index (χ1n) is 7.41. The number of ether oxygens (including phenoxy) is 2. The minimum atomic E-state index is -0.625. The number of carbonyl (C=O) groups excluding carboxylic acids is 1. The van der Waals surface area contributed by atoms with Crippen LogP contribution in [0.5, 0.6) is 11.5 Å². The molecule has 0 aliphatic heterocycles. The standard InChI is InChI=1S/C16H17ClN4O5/c1-8-10(15(23)20-16(24)19-8)6-13(22)21-18-7-9-4-11(17)14(26-3)12(5-9)25-2/h4-5,7H,6H2,1-3H3,(H,21,22)(H2,19,20,23,24)/b18-7-. The van der Waals surface area contributed by atoms with Gasteiger partial charge in [0.25, 0.3) is 5.56 Å². The monoisotopic (exact) mass is 380 g/mol. The summed E-state index contributed by atoms with van der Waals surface area (Å²) >= 11 is 6.09. The maximum Gasteiger partial charge on any atom is 0.325 e. The Morgan fingerprint density at radius 3 is 2.62 bits per heavy atom. The van der Waals surface area contributed by atoms with E-state index < -0.39 is 17.2 Å². The van der Waals surface area contributed by atoms with Crippen LogP contribution >= 0.6 is 11.6 Å². The lowest BCUT2D eigenvalue weighted by atomic mass is 10.1. The summed E-state index contributed by atoms with van der Waals surface area (Å²) in [6.45, 7) is 1.54. The fourth-order valence-corrected chi connectivity index (χ4v) is 2.53. The summed E-state index contributed by atoms with van der Waals surface area (Å²) in [5.41, 5.74) is 2.12. The number of halogens is 1. The summed E-state index contributed by atoms with van der Waals surface area (Å²) in [5.74, 6) is 0.291. The van der Waals surface area contributed by atoms with E-state index in [1.807, 2.05) is 0 Å². The van der Waals surface area contributed by atoms with Crippen molar-refractivity contribution in [1.82, 2.24) is 15.4 Å². The van der Waals surface area contributed by atoms with Gasteiger partial charge in [-0.2, -0.15) is 5.10 Å². The van der Waals surface area contributed by atoms with Gasteiger partial charge in [0, 0.05) is 11.3 Å². The van der Waals surface area contributed by atoms with Crippen LogP contribution in [-0.2, 0) is 11.2 Å². The minimum absolute atomic E-state index is 0.159. The third-order valence-corrected chi connectivity index (χ3v) is 3.73. The van der Waals surface area contributed by atoms with Gasteiger partial charge in [0.1, 0.15) is 0 Å². The van der Waals surface area contributed by atoms with E-state index in [9.17, 15) is 14.4 Å². The zero-order valence-corrected chi connectivity index (χ0v) is 15.1. The first-order valence-corrected chi connectivity index (χ1v) is 7.79. The molecule has 0 bridgehead atoms. The number of hydrazone groups is 1. The average Bonchev–Trinajstić information content (AvgIpc) is 2.57. The van der Waals surface area contributed by atoms with Crippen molar-refractivity contribution >= 4 is 23.7 Å². The second-order valence-electron chi connectivity index (χ2n) is 5.22. The number of H-pyrrole nitrogens is 2. The van der Waals surface area contributed by atoms with Crippen molar-refractivity contribution in [2.24, 2.45) is 5.10 Å². The lowest BCUT2D eigenvalue weighted by Crippen LogP contribution is -2.30. The molecule has 0 spiro atoms. The van der Waals surface area contributed by atoms with Crippen LogP contribution in [0.1, 0.15) is 16.8 Å². The van der Waals surface area contributed by atoms with Crippen LogP contribution in [0.2, 0.25) is 5.02 Å². The molecule has 26 heavy (non-hydrogen) atoms. The van der Waals surface area contributed by atoms with Crippen molar-refractivity contribution in [1.29, 1.82) is 0 Å². The van der Waals surface area contributed by atoms with Gasteiger partial charge in [0.05, 0.1) is 31.9 Å². The van der Waals surface area contributed by atoms with Crippen molar-refractivity contribution in [2.75, 3.05) is 14.2 Å². The van der Waals surface area contributed by atoms with Gasteiger partial charge in [-0.3, -0.25) is 14.6 Å². The zero-order valence-electron chi connectivity index (χ0n) is 14.3. The van der Waals surface area contributed by atoms with Crippen LogP contribution in [0, 0.1) is 6.92 Å². The molecule has 138 valence electrons. The normalized spacial score (nSPS) is 10.8. The van der Waals surface area contributed by atoms with Crippen LogP contribution < -0.4 is 26.1 Å². The van der Waals surface area contributed by atoms with Gasteiger partial charge in [0.15, 0.2) is 11.5 Å². The maximum absolute atomic E-state index is 11.9. The Balaban J connectivity index is 2.09. The first kappa shape index (κ1) is 19.3. The molecule has 9 nitrogen and oxygen atoms in total. The highest BCUT2D eigenvalue weighted by atomic mass is 35.5. The van der Waals surface area contributed by atoms with Crippen molar-refractivity contribution in [2.45, 2.75) is 13.3 Å². The topological polar surface area (TPSA) is 126 Å². The van der Waals surface area contributed by atoms with E-state index in [0.29, 0.717) is 27.8 Å². The Labute approximate surface area is 153 Å². The number of aromatic nitrogens is 2. The third kappa shape index (κ3) is 4.51. The molecule has 3 N–H and O–H groups in total. The Hall–Kier alpha value is -3.07. The molecule has 0 unspecified atom stereocenters. The third-order valence-electron chi connectivity index (χ3n) is 3.45. The highest BCUT2D eigenvalue weighted by Gasteiger charge is 2.12. The van der Waals surface area contributed by atoms with Crippen molar-refractivity contribution in [3.8, 4) is 11.5 Å². The second kappa shape index (κ2) is 8.34. The molecule has 1 aromatic heterocycles. The lowest BCUT2D eigenvalue weighted by molar-refractivity contribution is -0.120. The first-order chi connectivity index (χ1) is 12.3. The Morgan fingerprint density at radius 1 is 1.27 bits per heavy atom. The average molecular weight is 381 g/mol. The van der Waals surface area contributed by atoms with Crippen LogP contribution in [-0.4, -0.2) is 36.3 Å². The highest BCUT2D eigenvalue weighted by Crippen LogP contribution is 2.35. The van der Waals surface area contributed by atoms with Crippen molar-refractivity contribution < 1.29 is 14.3 Å². The molecular formula is C16H17ClN4O5. The molecule has 10 heteroatoms. The predicted molar refractivity (Wildman–Crippen MR) is 96.4 cm³/mol. The van der Waals surface area contributed by atoms with Crippen molar-refractivity contribution in [3.05, 3.63) is 54.8 Å². The molecular weight excluding hydrogens is 364 g/mol. The molecule has 2 rings (SSSR count). The summed E-state index contributed by atoms with van der Waals surface area (Å²) in [4.78, 5) is 39.3. The molecule has 1 amide bonds. The SMILES string of the molecule is COc1cc(/C=N\NC(=O)Cc2c(C)[nH]c(=O)[nH]c2=O)cc(Cl)c1OC. The molecule has 2 aromatic rings. The molecule has 0 fully saturated rings. The number of hydrogen-bond acceptors (Lipinski definition) is 6. The lowest BCUT2D eigenvalue weighted by Gasteiger charge is -2.09. The van der Waals surface area contributed by atoms with E-state index in [2.05, 4.69) is 20.5 Å². The number of amides is 1. The second-order valence-corrected chi connectivity index (χ2v) is 5.63. The van der Waals surface area contributed by atoms with E-state index in [1.165, 1.54) is 27.4 Å². The fraction of sp³-hybridized carbons (Fsp3) is 0.250. The number of aromatic amines is 2. The molecule has 0 saturated carbocycles. The Bertz CT molecular complexity index is 964. The number of benzene rings is 1. The summed E-state index contributed by atoms with van der Waals surface area (Å²) in [6.07, 6.45) is 1.14. The van der Waals surface area contributed by atoms with Crippen LogP contribution in [0.15, 0.2) is 26.8 Å². The van der Waals surface area contributed by atoms with Crippen LogP contribution in [0.4, 0.5) is 0 Å². The maximum atomic E-state index is 11.9. The summed E-state index contributed by atoms with van der Waals surface area (Å²) in [5, 5.41) is 4.15. The number of hydrogen-bond donors (Lipinski definition) is 3. The molecule has 1 aromatic carbocycles. The van der Waals surface area contributed by atoms with Gasteiger partial charge in [-0.25, -0.2) is 10.2 Å². The molecule has 0 atom stereocenters. The number of rotatable bonds is 6. The van der Waals surface area contributed by atoms with Gasteiger partial charge < -0.3 is 14.5 Å². The molecule has 0 aliphatic rings. The van der Waals surface area contributed by atoms with Gasteiger partial charge in [-0.15, -0.1) is 0 Å². The molecule has 0 aliphatic carbocycles. The van der Waals surface area contributed by atoms with Gasteiger partial charge in [-0.1, -0.05) is 11.6 Å². The molecule has 0 saturated heterocycles. The molecule has 1 heterocycles. The van der Waals surface area contributed by atoms with Gasteiger partial charge in [0.2, 0.25) is 5.91 Å². The Morgan fingerprint density at radius 2 is 2.00 bits per heavy atom. The zero-order chi connectivity index (χ0) is 19.3. The van der Waals surface area contributed by atoms with Gasteiger partial charge in [-0.05, 0) is 24.6 Å². The number of nitrogens with one attached hydrogen (secondary N) is 3. The van der Waals surface area contributed by atoms with E-state index in [1.54, 1.807) is 12.1 Å². The van der Waals surface area contributed by atoms with E-state index in [-0.39, 0.29) is 12.0 Å². The van der Waals surface area contributed by atoms with Crippen LogP contribution in [0.3, 0.4) is 0 Å². The largest absolute Gasteiger partial charge is 0.493 e. The predicted octanol–water partition coefficient (Wildman–Crippen LogP) is 0.735. The number of nitrogens with zero attached hydrogens (tertiary/aromatic N) is 1. The van der Waals surface area contributed by atoms with E-state index in [0.717, 1.165) is 0 Å². The quantitative estimate of drug-likeness (QED) is 0.503. The minimum Gasteiger partial charge on any atom is -0.493 e. The highest BCUT2D eigenvalue weighted by molar-refractivity contribution is 6.32. The summed E-state index contributed by atoms with van der Waals surface area (Å²) in [7, 11) is 2.94. The van der Waals surface area contributed by atoms with Crippen molar-refractivity contribution in [3.63, 3.8) is 0 Å². The van der Waals surface area contributed by atoms with E-state index >= 15 is 0 Å². The summed E-state index contributed by atoms with van der Waals surface area (Å²) < 4.78 is 10.3.